The van der Waals surface area contributed by atoms with Gasteiger partial charge < -0.3 is 15.2 Å². The molecule has 6 heteroatoms. The van der Waals surface area contributed by atoms with E-state index in [-0.39, 0.29) is 18.4 Å². The van der Waals surface area contributed by atoms with Crippen molar-refractivity contribution in [2.45, 2.75) is 39.5 Å². The molecular formula is C17H26N2O4. The number of hydrogen-bond donors (Lipinski definition) is 3. The molecule has 0 radical (unpaired) electrons. The second kappa shape index (κ2) is 9.97. The number of rotatable bonds is 10. The van der Waals surface area contributed by atoms with Crippen LogP contribution in [0.15, 0.2) is 24.3 Å². The number of benzene rings is 1. The van der Waals surface area contributed by atoms with Gasteiger partial charge in [0.1, 0.15) is 6.04 Å². The molecule has 0 fully saturated rings. The van der Waals surface area contributed by atoms with Crippen LogP contribution in [0.25, 0.3) is 0 Å². The molecule has 0 saturated carbocycles. The third-order valence-electron chi connectivity index (χ3n) is 3.75. The van der Waals surface area contributed by atoms with Crippen molar-refractivity contribution in [3.8, 4) is 0 Å². The first-order valence-corrected chi connectivity index (χ1v) is 7.77. The van der Waals surface area contributed by atoms with Gasteiger partial charge in [-0.05, 0) is 17.0 Å². The molecule has 0 aromatic heterocycles. The van der Waals surface area contributed by atoms with E-state index in [2.05, 4.69) is 10.6 Å². The number of aliphatic carboxylic acids is 1. The van der Waals surface area contributed by atoms with E-state index < -0.39 is 12.0 Å². The van der Waals surface area contributed by atoms with E-state index >= 15 is 0 Å². The van der Waals surface area contributed by atoms with Crippen LogP contribution in [0.1, 0.15) is 31.4 Å². The zero-order valence-corrected chi connectivity index (χ0v) is 14.0. The molecule has 1 aromatic carbocycles. The molecular weight excluding hydrogens is 296 g/mol. The molecule has 2 atom stereocenters. The number of ether oxygens (including phenoxy) is 1. The van der Waals surface area contributed by atoms with E-state index in [1.165, 1.54) is 0 Å². The number of nitrogens with one attached hydrogen (secondary N) is 2. The quantitative estimate of drug-likeness (QED) is 0.608. The average molecular weight is 322 g/mol. The van der Waals surface area contributed by atoms with Gasteiger partial charge in [-0.15, -0.1) is 0 Å². The minimum absolute atomic E-state index is 0.0148. The lowest BCUT2D eigenvalue weighted by atomic mass is 9.99. The molecule has 0 bridgehead atoms. The standard InChI is InChI=1S/C17H26N2O4/c1-4-12(2)16(17(21)22)19-10-15(20)18-9-13-6-5-7-14(8-13)11-23-3/h5-8,12,16,19H,4,9-11H2,1-3H3,(H,18,20)(H,21,22)/t12-,16-/m0/s1. The molecule has 0 aliphatic carbocycles. The third kappa shape index (κ3) is 6.80. The fourth-order valence-corrected chi connectivity index (χ4v) is 2.23. The second-order valence-corrected chi connectivity index (χ2v) is 5.61. The SMILES string of the molecule is CC[C@H](C)[C@H](NCC(=O)NCc1cccc(COC)c1)C(=O)O. The summed E-state index contributed by atoms with van der Waals surface area (Å²) in [4.78, 5) is 23.1. The fourth-order valence-electron chi connectivity index (χ4n) is 2.23. The van der Waals surface area contributed by atoms with E-state index in [1.807, 2.05) is 38.1 Å². The minimum atomic E-state index is -0.931. The van der Waals surface area contributed by atoms with Gasteiger partial charge in [0.25, 0.3) is 0 Å². The number of hydrogen-bond acceptors (Lipinski definition) is 4. The van der Waals surface area contributed by atoms with Crippen LogP contribution < -0.4 is 10.6 Å². The van der Waals surface area contributed by atoms with Crippen molar-refractivity contribution < 1.29 is 19.4 Å². The minimum Gasteiger partial charge on any atom is -0.480 e. The summed E-state index contributed by atoms with van der Waals surface area (Å²) in [5.74, 6) is -1.19. The van der Waals surface area contributed by atoms with Crippen LogP contribution >= 0.6 is 0 Å². The zero-order valence-electron chi connectivity index (χ0n) is 14.0. The Morgan fingerprint density at radius 2 is 2.00 bits per heavy atom. The van der Waals surface area contributed by atoms with Crippen molar-refractivity contribution in [2.75, 3.05) is 13.7 Å². The van der Waals surface area contributed by atoms with Gasteiger partial charge in [-0.3, -0.25) is 14.9 Å². The third-order valence-corrected chi connectivity index (χ3v) is 3.75. The van der Waals surface area contributed by atoms with Crippen molar-refractivity contribution in [1.29, 1.82) is 0 Å². The largest absolute Gasteiger partial charge is 0.480 e. The maximum atomic E-state index is 11.9. The molecule has 3 N–H and O–H groups in total. The van der Waals surface area contributed by atoms with Crippen molar-refractivity contribution >= 4 is 11.9 Å². The van der Waals surface area contributed by atoms with Crippen molar-refractivity contribution in [1.82, 2.24) is 10.6 Å². The molecule has 6 nitrogen and oxygen atoms in total. The van der Waals surface area contributed by atoms with Gasteiger partial charge in [-0.25, -0.2) is 0 Å². The first kappa shape index (κ1) is 19.1. The molecule has 0 saturated heterocycles. The van der Waals surface area contributed by atoms with Gasteiger partial charge in [0.2, 0.25) is 5.91 Å². The molecule has 0 aliphatic rings. The first-order valence-electron chi connectivity index (χ1n) is 7.77. The van der Waals surface area contributed by atoms with E-state index in [0.29, 0.717) is 13.2 Å². The number of methoxy groups -OCH3 is 1. The highest BCUT2D eigenvalue weighted by Gasteiger charge is 2.23. The van der Waals surface area contributed by atoms with Crippen LogP contribution in [-0.4, -0.2) is 36.7 Å². The summed E-state index contributed by atoms with van der Waals surface area (Å²) in [6.07, 6.45) is 0.734. The second-order valence-electron chi connectivity index (χ2n) is 5.61. The van der Waals surface area contributed by atoms with Crippen molar-refractivity contribution in [3.63, 3.8) is 0 Å². The Balaban J connectivity index is 2.44. The number of carbonyl (C=O) groups excluding carboxylic acids is 1. The molecule has 0 unspecified atom stereocenters. The van der Waals surface area contributed by atoms with Gasteiger partial charge in [-0.1, -0.05) is 44.5 Å². The van der Waals surface area contributed by atoms with Crippen LogP contribution in [0, 0.1) is 5.92 Å². The summed E-state index contributed by atoms with van der Waals surface area (Å²) in [5, 5.41) is 14.8. The van der Waals surface area contributed by atoms with Gasteiger partial charge in [0, 0.05) is 13.7 Å². The van der Waals surface area contributed by atoms with Gasteiger partial charge in [0.05, 0.1) is 13.2 Å². The highest BCUT2D eigenvalue weighted by Crippen LogP contribution is 2.08. The molecule has 23 heavy (non-hydrogen) atoms. The molecule has 1 rings (SSSR count). The predicted octanol–water partition coefficient (Wildman–Crippen LogP) is 1.54. The molecule has 1 aromatic rings. The summed E-state index contributed by atoms with van der Waals surface area (Å²) in [6, 6.07) is 7.05. The van der Waals surface area contributed by atoms with E-state index in [1.54, 1.807) is 7.11 Å². The Morgan fingerprint density at radius 1 is 1.30 bits per heavy atom. The van der Waals surface area contributed by atoms with Gasteiger partial charge in [-0.2, -0.15) is 0 Å². The maximum absolute atomic E-state index is 11.9. The van der Waals surface area contributed by atoms with Crippen molar-refractivity contribution in [3.05, 3.63) is 35.4 Å². The first-order chi connectivity index (χ1) is 11.0. The average Bonchev–Trinajstić information content (AvgIpc) is 2.53. The summed E-state index contributed by atoms with van der Waals surface area (Å²) >= 11 is 0. The molecule has 1 amide bonds. The molecule has 0 heterocycles. The van der Waals surface area contributed by atoms with Crippen LogP contribution in [0.4, 0.5) is 0 Å². The van der Waals surface area contributed by atoms with Crippen LogP contribution in [0.3, 0.4) is 0 Å². The monoisotopic (exact) mass is 322 g/mol. The molecule has 128 valence electrons. The fraction of sp³-hybridized carbons (Fsp3) is 0.529. The topological polar surface area (TPSA) is 87.7 Å². The Labute approximate surface area is 137 Å². The zero-order chi connectivity index (χ0) is 17.2. The summed E-state index contributed by atoms with van der Waals surface area (Å²) in [5.41, 5.74) is 2.02. The predicted molar refractivity (Wildman–Crippen MR) is 87.9 cm³/mol. The Hall–Kier alpha value is -1.92. The summed E-state index contributed by atoms with van der Waals surface area (Å²) in [6.45, 7) is 4.69. The lowest BCUT2D eigenvalue weighted by molar-refractivity contribution is -0.140. The molecule has 0 aliphatic heterocycles. The Kier molecular flexibility index (Phi) is 8.29. The van der Waals surface area contributed by atoms with Crippen LogP contribution in [0.2, 0.25) is 0 Å². The van der Waals surface area contributed by atoms with Crippen molar-refractivity contribution in [2.24, 2.45) is 5.92 Å². The Morgan fingerprint density at radius 3 is 2.61 bits per heavy atom. The van der Waals surface area contributed by atoms with Gasteiger partial charge >= 0.3 is 5.97 Å². The van der Waals surface area contributed by atoms with E-state index in [9.17, 15) is 14.7 Å². The lowest BCUT2D eigenvalue weighted by Crippen LogP contribution is -2.46. The number of carbonyl (C=O) groups is 2. The lowest BCUT2D eigenvalue weighted by Gasteiger charge is -2.19. The number of carboxylic acid groups (broad SMARTS) is 1. The van der Waals surface area contributed by atoms with E-state index in [0.717, 1.165) is 17.5 Å². The smallest absolute Gasteiger partial charge is 0.320 e. The normalized spacial score (nSPS) is 13.3. The van der Waals surface area contributed by atoms with Crippen LogP contribution in [0.5, 0.6) is 0 Å². The van der Waals surface area contributed by atoms with E-state index in [4.69, 9.17) is 4.74 Å². The number of carboxylic acids is 1. The summed E-state index contributed by atoms with van der Waals surface area (Å²) in [7, 11) is 1.64. The highest BCUT2D eigenvalue weighted by atomic mass is 16.5. The maximum Gasteiger partial charge on any atom is 0.320 e. The highest BCUT2D eigenvalue weighted by molar-refractivity contribution is 5.80. The number of amides is 1. The van der Waals surface area contributed by atoms with Crippen LogP contribution in [-0.2, 0) is 27.5 Å². The summed E-state index contributed by atoms with van der Waals surface area (Å²) < 4.78 is 5.08. The van der Waals surface area contributed by atoms with Gasteiger partial charge in [0.15, 0.2) is 0 Å². The Bertz CT molecular complexity index is 519. The molecule has 0 spiro atoms.